The summed E-state index contributed by atoms with van der Waals surface area (Å²) < 4.78 is 67.7. The summed E-state index contributed by atoms with van der Waals surface area (Å²) in [6.07, 6.45) is -1.27. The smallest absolute Gasteiger partial charge is 0.354 e. The summed E-state index contributed by atoms with van der Waals surface area (Å²) in [7, 11) is -3.83. The molecule has 182 valence electrons. The van der Waals surface area contributed by atoms with Gasteiger partial charge in [0.05, 0.1) is 22.8 Å². The first-order valence-electron chi connectivity index (χ1n) is 10.8. The van der Waals surface area contributed by atoms with Gasteiger partial charge in [0.15, 0.2) is 0 Å². The zero-order valence-corrected chi connectivity index (χ0v) is 20.2. The van der Waals surface area contributed by atoms with E-state index in [9.17, 15) is 26.9 Å². The second-order valence-corrected chi connectivity index (χ2v) is 11.5. The average Bonchev–Trinajstić information content (AvgIpc) is 3.49. The first-order valence-corrected chi connectivity index (χ1v) is 13.1. The normalized spacial score (nSPS) is 18.1. The molecule has 1 atom stereocenters. The molecule has 7 nitrogen and oxygen atoms in total. The summed E-state index contributed by atoms with van der Waals surface area (Å²) in [4.78, 5) is 11.1. The molecule has 1 N–H and O–H groups in total. The number of thiophene rings is 1. The summed E-state index contributed by atoms with van der Waals surface area (Å²) in [5, 5.41) is 9.71. The highest BCUT2D eigenvalue weighted by atomic mass is 32.2. The number of hydrogen-bond acceptors (Lipinski definition) is 7. The molecule has 1 aliphatic heterocycles. The maximum absolute atomic E-state index is 13.2. The van der Waals surface area contributed by atoms with Gasteiger partial charge in [-0.1, -0.05) is 6.07 Å². The van der Waals surface area contributed by atoms with Crippen molar-refractivity contribution < 1.29 is 21.6 Å². The fourth-order valence-electron chi connectivity index (χ4n) is 4.67. The highest BCUT2D eigenvalue weighted by Crippen LogP contribution is 2.35. The Morgan fingerprint density at radius 1 is 1.31 bits per heavy atom. The molecule has 2 aromatic heterocycles. The third kappa shape index (κ3) is 4.63. The van der Waals surface area contributed by atoms with Gasteiger partial charge in [-0.15, -0.1) is 11.3 Å². The van der Waals surface area contributed by atoms with Crippen molar-refractivity contribution in [3.8, 4) is 6.07 Å². The van der Waals surface area contributed by atoms with E-state index in [1.807, 2.05) is 4.90 Å². The van der Waals surface area contributed by atoms with E-state index in [0.29, 0.717) is 53.1 Å². The van der Waals surface area contributed by atoms with Gasteiger partial charge in [0.1, 0.15) is 17.0 Å². The summed E-state index contributed by atoms with van der Waals surface area (Å²) >= 11 is 0.984. The van der Waals surface area contributed by atoms with Gasteiger partial charge in [0.2, 0.25) is 10.0 Å². The summed E-state index contributed by atoms with van der Waals surface area (Å²) in [6.45, 7) is 2.57. The third-order valence-corrected chi connectivity index (χ3v) is 8.94. The van der Waals surface area contributed by atoms with Crippen LogP contribution in [0, 0.1) is 18.3 Å². The quantitative estimate of drug-likeness (QED) is 0.545. The molecule has 0 saturated carbocycles. The van der Waals surface area contributed by atoms with Crippen LogP contribution in [0.15, 0.2) is 35.0 Å². The topological polar surface area (TPSA) is 99.0 Å². The Bertz CT molecular complexity index is 1510. The number of fused-ring (bicyclic) bond motifs is 2. The Balaban J connectivity index is 1.35. The lowest BCUT2D eigenvalue weighted by molar-refractivity contribution is -0.126. The largest absolute Gasteiger partial charge is 0.393 e. The Labute approximate surface area is 204 Å². The molecule has 12 heteroatoms. The van der Waals surface area contributed by atoms with Crippen LogP contribution in [0.3, 0.4) is 0 Å². The number of nitriles is 1. The molecule has 1 saturated heterocycles. The van der Waals surface area contributed by atoms with E-state index in [2.05, 4.69) is 20.8 Å². The van der Waals surface area contributed by atoms with Gasteiger partial charge in [-0.05, 0) is 48.2 Å². The SMILES string of the molecule is Cc1c(S(=O)(=O)NC2CCN(c3ncnc4sc(CC(F)(F)F)cc34)C2)ccc2c1C=C(C#N)C2. The molecule has 1 fully saturated rings. The van der Waals surface area contributed by atoms with E-state index < -0.39 is 28.7 Å². The number of benzene rings is 1. The monoisotopic (exact) mass is 519 g/mol. The number of aromatic nitrogens is 2. The Kier molecular flexibility index (Phi) is 5.82. The third-order valence-electron chi connectivity index (χ3n) is 6.23. The molecule has 1 aromatic carbocycles. The van der Waals surface area contributed by atoms with Crippen LogP contribution in [-0.2, 0) is 22.9 Å². The van der Waals surface area contributed by atoms with Crippen LogP contribution in [0.5, 0.6) is 0 Å². The summed E-state index contributed by atoms with van der Waals surface area (Å²) in [6, 6.07) is 6.51. The first-order chi connectivity index (χ1) is 16.5. The predicted molar refractivity (Wildman–Crippen MR) is 127 cm³/mol. The van der Waals surface area contributed by atoms with Crippen molar-refractivity contribution >= 4 is 43.5 Å². The van der Waals surface area contributed by atoms with Crippen molar-refractivity contribution in [3.63, 3.8) is 0 Å². The molecule has 0 radical (unpaired) electrons. The summed E-state index contributed by atoms with van der Waals surface area (Å²) in [5.74, 6) is 0.504. The maximum Gasteiger partial charge on any atom is 0.393 e. The van der Waals surface area contributed by atoms with E-state index in [4.69, 9.17) is 0 Å². The number of hydrogen-bond donors (Lipinski definition) is 1. The highest BCUT2D eigenvalue weighted by molar-refractivity contribution is 7.89. The number of nitrogens with zero attached hydrogens (tertiary/aromatic N) is 4. The maximum atomic E-state index is 13.2. The molecular weight excluding hydrogens is 499 g/mol. The standard InChI is InChI=1S/C23H20F3N5O2S2/c1-13-18-7-14(10-27)6-15(18)2-3-20(13)35(32,33)30-16-4-5-31(11-16)21-19-8-17(9-23(24,25)26)34-22(19)29-12-28-21/h2-3,7-8,12,16,30H,4-6,9,11H2,1H3. The van der Waals surface area contributed by atoms with Gasteiger partial charge >= 0.3 is 6.18 Å². The van der Waals surface area contributed by atoms with Gasteiger partial charge in [0.25, 0.3) is 0 Å². The molecular formula is C23H20F3N5O2S2. The summed E-state index contributed by atoms with van der Waals surface area (Å²) in [5.41, 5.74) is 2.90. The number of halogens is 3. The van der Waals surface area contributed by atoms with Crippen molar-refractivity contribution in [3.05, 3.63) is 51.7 Å². The second kappa shape index (κ2) is 8.58. The molecule has 0 bridgehead atoms. The second-order valence-electron chi connectivity index (χ2n) is 8.69. The zero-order valence-electron chi connectivity index (χ0n) is 18.6. The van der Waals surface area contributed by atoms with Gasteiger partial charge < -0.3 is 4.90 Å². The molecule has 2 aliphatic rings. The molecule has 1 unspecified atom stereocenters. The lowest BCUT2D eigenvalue weighted by atomic mass is 10.0. The fraction of sp³-hybridized carbons (Fsp3) is 0.348. The first kappa shape index (κ1) is 23.7. The molecule has 5 rings (SSSR count). The van der Waals surface area contributed by atoms with Gasteiger partial charge in [-0.2, -0.15) is 18.4 Å². The number of rotatable bonds is 5. The van der Waals surface area contributed by atoms with E-state index in [-0.39, 0.29) is 9.77 Å². The minimum Gasteiger partial charge on any atom is -0.354 e. The van der Waals surface area contributed by atoms with Crippen LogP contribution >= 0.6 is 11.3 Å². The van der Waals surface area contributed by atoms with Crippen molar-refractivity contribution in [2.75, 3.05) is 18.0 Å². The molecule has 3 heterocycles. The molecule has 35 heavy (non-hydrogen) atoms. The molecule has 1 aliphatic carbocycles. The fourth-order valence-corrected chi connectivity index (χ4v) is 7.21. The lowest BCUT2D eigenvalue weighted by Crippen LogP contribution is -2.37. The molecule has 0 amide bonds. The van der Waals surface area contributed by atoms with Gasteiger partial charge in [-0.25, -0.2) is 23.1 Å². The van der Waals surface area contributed by atoms with Crippen molar-refractivity contribution in [2.45, 2.75) is 43.3 Å². The number of allylic oxidation sites excluding steroid dienone is 1. The van der Waals surface area contributed by atoms with Crippen LogP contribution in [0.1, 0.15) is 28.0 Å². The minimum atomic E-state index is -4.31. The van der Waals surface area contributed by atoms with E-state index in [1.165, 1.54) is 12.4 Å². The number of nitrogens with one attached hydrogen (secondary N) is 1. The van der Waals surface area contributed by atoms with Gasteiger partial charge in [-0.3, -0.25) is 0 Å². The minimum absolute atomic E-state index is 0.159. The van der Waals surface area contributed by atoms with E-state index in [0.717, 1.165) is 22.5 Å². The van der Waals surface area contributed by atoms with Crippen LogP contribution in [-0.4, -0.2) is 43.7 Å². The number of anilines is 1. The molecule has 3 aromatic rings. The number of alkyl halides is 3. The molecule has 0 spiro atoms. The predicted octanol–water partition coefficient (Wildman–Crippen LogP) is 4.12. The van der Waals surface area contributed by atoms with Crippen LogP contribution in [0.4, 0.5) is 19.0 Å². The zero-order chi connectivity index (χ0) is 25.0. The van der Waals surface area contributed by atoms with E-state index >= 15 is 0 Å². The Hall–Kier alpha value is -3.01. The number of sulfonamides is 1. The average molecular weight is 520 g/mol. The van der Waals surface area contributed by atoms with Crippen molar-refractivity contribution in [2.24, 2.45) is 0 Å². The van der Waals surface area contributed by atoms with Crippen molar-refractivity contribution in [1.82, 2.24) is 14.7 Å². The van der Waals surface area contributed by atoms with Gasteiger partial charge in [0, 0.05) is 36.0 Å². The van der Waals surface area contributed by atoms with E-state index in [1.54, 1.807) is 25.1 Å². The highest BCUT2D eigenvalue weighted by Gasteiger charge is 2.32. The van der Waals surface area contributed by atoms with Crippen molar-refractivity contribution in [1.29, 1.82) is 5.26 Å². The van der Waals surface area contributed by atoms with Crippen LogP contribution < -0.4 is 9.62 Å². The van der Waals surface area contributed by atoms with Crippen LogP contribution in [0.2, 0.25) is 0 Å². The Morgan fingerprint density at radius 2 is 2.11 bits per heavy atom. The Morgan fingerprint density at radius 3 is 2.86 bits per heavy atom. The lowest BCUT2D eigenvalue weighted by Gasteiger charge is -2.19. The van der Waals surface area contributed by atoms with Crippen LogP contribution in [0.25, 0.3) is 16.3 Å².